The van der Waals surface area contributed by atoms with Gasteiger partial charge in [-0.25, -0.2) is 9.97 Å². The van der Waals surface area contributed by atoms with Gasteiger partial charge >= 0.3 is 0 Å². The van der Waals surface area contributed by atoms with E-state index < -0.39 is 0 Å². The minimum Gasteiger partial charge on any atom is -0.365 e. The first-order chi connectivity index (χ1) is 11.8. The maximum Gasteiger partial charge on any atom is 0.237 e. The van der Waals surface area contributed by atoms with E-state index in [4.69, 9.17) is 11.6 Å². The average Bonchev–Trinajstić information content (AvgIpc) is 3.14. The second-order valence-electron chi connectivity index (χ2n) is 5.34. The van der Waals surface area contributed by atoms with Crippen molar-refractivity contribution in [2.24, 2.45) is 0 Å². The first kappa shape index (κ1) is 14.7. The van der Waals surface area contributed by atoms with Crippen LogP contribution < -0.4 is 5.32 Å². The summed E-state index contributed by atoms with van der Waals surface area (Å²) in [5, 5.41) is 4.97. The molecular formula is C18H14ClN5. The Morgan fingerprint density at radius 2 is 1.92 bits per heavy atom. The van der Waals surface area contributed by atoms with Crippen molar-refractivity contribution >= 4 is 28.3 Å². The predicted octanol–water partition coefficient (Wildman–Crippen LogP) is 4.08. The van der Waals surface area contributed by atoms with E-state index in [1.165, 1.54) is 5.56 Å². The van der Waals surface area contributed by atoms with Crippen LogP contribution in [0.1, 0.15) is 5.56 Å². The summed E-state index contributed by atoms with van der Waals surface area (Å²) in [5.41, 5.74) is 1.97. The number of rotatable bonds is 4. The van der Waals surface area contributed by atoms with E-state index in [1.54, 1.807) is 17.1 Å². The van der Waals surface area contributed by atoms with Gasteiger partial charge in [0, 0.05) is 29.3 Å². The molecule has 0 aliphatic heterocycles. The predicted molar refractivity (Wildman–Crippen MR) is 95.4 cm³/mol. The van der Waals surface area contributed by atoms with Crippen molar-refractivity contribution < 1.29 is 0 Å². The Labute approximate surface area is 144 Å². The van der Waals surface area contributed by atoms with E-state index in [1.807, 2.05) is 42.6 Å². The zero-order chi connectivity index (χ0) is 16.4. The first-order valence-corrected chi connectivity index (χ1v) is 7.91. The second-order valence-corrected chi connectivity index (χ2v) is 5.78. The van der Waals surface area contributed by atoms with Crippen molar-refractivity contribution in [3.05, 3.63) is 77.8 Å². The van der Waals surface area contributed by atoms with Gasteiger partial charge in [0.15, 0.2) is 0 Å². The van der Waals surface area contributed by atoms with Crippen LogP contribution in [0.4, 0.5) is 5.82 Å². The second kappa shape index (κ2) is 6.29. The monoisotopic (exact) mass is 335 g/mol. The zero-order valence-electron chi connectivity index (χ0n) is 12.7. The third-order valence-corrected chi connectivity index (χ3v) is 3.92. The van der Waals surface area contributed by atoms with Crippen LogP contribution in [0, 0.1) is 0 Å². The molecule has 4 aromatic rings. The van der Waals surface area contributed by atoms with E-state index >= 15 is 0 Å². The molecule has 6 heteroatoms. The third kappa shape index (κ3) is 2.94. The quantitative estimate of drug-likeness (QED) is 0.610. The fraction of sp³-hybridized carbons (Fsp3) is 0.0556. The minimum atomic E-state index is 0.554. The number of nitrogens with zero attached hydrogens (tertiary/aromatic N) is 4. The number of hydrogen-bond acceptors (Lipinski definition) is 4. The van der Waals surface area contributed by atoms with Gasteiger partial charge in [0.1, 0.15) is 12.1 Å². The molecule has 0 aliphatic carbocycles. The summed E-state index contributed by atoms with van der Waals surface area (Å²) in [6.45, 7) is 0.680. The van der Waals surface area contributed by atoms with Crippen molar-refractivity contribution in [3.8, 4) is 5.95 Å². The lowest BCUT2D eigenvalue weighted by molar-refractivity contribution is 0.936. The van der Waals surface area contributed by atoms with Gasteiger partial charge in [-0.15, -0.1) is 0 Å². The molecule has 0 radical (unpaired) electrons. The van der Waals surface area contributed by atoms with Crippen LogP contribution in [0.5, 0.6) is 0 Å². The maximum atomic E-state index is 6.12. The summed E-state index contributed by atoms with van der Waals surface area (Å²) < 4.78 is 1.77. The van der Waals surface area contributed by atoms with Crippen LogP contribution in [0.2, 0.25) is 5.02 Å². The summed E-state index contributed by atoms with van der Waals surface area (Å²) in [6, 6.07) is 15.8. The summed E-state index contributed by atoms with van der Waals surface area (Å²) in [5.74, 6) is 1.32. The van der Waals surface area contributed by atoms with Crippen LogP contribution in [0.25, 0.3) is 16.9 Å². The van der Waals surface area contributed by atoms with Gasteiger partial charge in [-0.3, -0.25) is 4.57 Å². The lowest BCUT2D eigenvalue weighted by Crippen LogP contribution is -2.06. The summed E-state index contributed by atoms with van der Waals surface area (Å²) in [6.07, 6.45) is 5.18. The number of hydrogen-bond donors (Lipinski definition) is 1. The number of imidazole rings is 1. The van der Waals surface area contributed by atoms with Gasteiger partial charge in [-0.05, 0) is 23.8 Å². The largest absolute Gasteiger partial charge is 0.365 e. The van der Waals surface area contributed by atoms with E-state index in [0.717, 1.165) is 16.7 Å². The maximum absolute atomic E-state index is 6.12. The molecule has 0 amide bonds. The summed E-state index contributed by atoms with van der Waals surface area (Å²) in [7, 11) is 0. The lowest BCUT2D eigenvalue weighted by Gasteiger charge is -2.11. The third-order valence-electron chi connectivity index (χ3n) is 3.69. The number of fused-ring (bicyclic) bond motifs is 1. The zero-order valence-corrected chi connectivity index (χ0v) is 13.5. The van der Waals surface area contributed by atoms with E-state index in [-0.39, 0.29) is 0 Å². The van der Waals surface area contributed by atoms with Crippen LogP contribution in [0.15, 0.2) is 67.3 Å². The molecule has 0 unspecified atom stereocenters. The fourth-order valence-corrected chi connectivity index (χ4v) is 2.67. The molecule has 1 N–H and O–H groups in total. The summed E-state index contributed by atoms with van der Waals surface area (Å²) in [4.78, 5) is 13.3. The number of nitrogens with one attached hydrogen (secondary N) is 1. The van der Waals surface area contributed by atoms with Gasteiger partial charge in [0.2, 0.25) is 5.95 Å². The van der Waals surface area contributed by atoms with Crippen molar-refractivity contribution in [2.45, 2.75) is 6.54 Å². The molecule has 24 heavy (non-hydrogen) atoms. The van der Waals surface area contributed by atoms with E-state index in [0.29, 0.717) is 17.5 Å². The Kier molecular flexibility index (Phi) is 3.84. The number of anilines is 1. The van der Waals surface area contributed by atoms with Gasteiger partial charge in [-0.2, -0.15) is 4.98 Å². The fourth-order valence-electron chi connectivity index (χ4n) is 2.50. The summed E-state index contributed by atoms with van der Waals surface area (Å²) >= 11 is 6.12. The first-order valence-electron chi connectivity index (χ1n) is 7.53. The van der Waals surface area contributed by atoms with E-state index in [9.17, 15) is 0 Å². The highest BCUT2D eigenvalue weighted by atomic mass is 35.5. The Bertz CT molecular complexity index is 968. The Morgan fingerprint density at radius 3 is 2.71 bits per heavy atom. The highest BCUT2D eigenvalue weighted by Crippen LogP contribution is 2.25. The van der Waals surface area contributed by atoms with Crippen molar-refractivity contribution in [2.75, 3.05) is 5.32 Å². The molecule has 0 aliphatic rings. The highest BCUT2D eigenvalue weighted by molar-refractivity contribution is 6.31. The number of aromatic nitrogens is 4. The van der Waals surface area contributed by atoms with Crippen LogP contribution in [0.3, 0.4) is 0 Å². The molecule has 0 atom stereocenters. The number of halogens is 1. The average molecular weight is 336 g/mol. The van der Waals surface area contributed by atoms with Crippen LogP contribution in [-0.2, 0) is 6.54 Å². The molecule has 5 nitrogen and oxygen atoms in total. The molecule has 2 aromatic heterocycles. The van der Waals surface area contributed by atoms with E-state index in [2.05, 4.69) is 32.4 Å². The van der Waals surface area contributed by atoms with Gasteiger partial charge in [-0.1, -0.05) is 41.9 Å². The smallest absolute Gasteiger partial charge is 0.237 e. The van der Waals surface area contributed by atoms with Crippen molar-refractivity contribution in [1.82, 2.24) is 19.5 Å². The molecule has 0 spiro atoms. The molecule has 4 rings (SSSR count). The lowest BCUT2D eigenvalue weighted by atomic mass is 10.2. The Hall–Kier alpha value is -2.92. The van der Waals surface area contributed by atoms with Crippen LogP contribution in [-0.4, -0.2) is 19.5 Å². The van der Waals surface area contributed by atoms with Gasteiger partial charge < -0.3 is 5.32 Å². The normalized spacial score (nSPS) is 10.9. The SMILES string of the molecule is Clc1ccc2c(NCc3ccccc3)nc(-n3ccnc3)nc2c1. The Morgan fingerprint density at radius 1 is 1.04 bits per heavy atom. The standard InChI is InChI=1S/C18H14ClN5/c19-14-6-7-15-16(10-14)22-18(24-9-8-20-12-24)23-17(15)21-11-13-4-2-1-3-5-13/h1-10,12H,11H2,(H,21,22,23). The molecule has 0 saturated carbocycles. The molecule has 2 heterocycles. The Balaban J connectivity index is 1.77. The number of benzene rings is 2. The molecule has 2 aromatic carbocycles. The minimum absolute atomic E-state index is 0.554. The van der Waals surface area contributed by atoms with Crippen molar-refractivity contribution in [3.63, 3.8) is 0 Å². The highest BCUT2D eigenvalue weighted by Gasteiger charge is 2.09. The molecule has 0 bridgehead atoms. The van der Waals surface area contributed by atoms with Crippen molar-refractivity contribution in [1.29, 1.82) is 0 Å². The van der Waals surface area contributed by atoms with Gasteiger partial charge in [0.05, 0.1) is 5.52 Å². The topological polar surface area (TPSA) is 55.6 Å². The molecule has 118 valence electrons. The van der Waals surface area contributed by atoms with Crippen LogP contribution >= 0.6 is 11.6 Å². The molecule has 0 saturated heterocycles. The molecule has 0 fully saturated rings. The van der Waals surface area contributed by atoms with Gasteiger partial charge in [0.25, 0.3) is 0 Å². The molecular weight excluding hydrogens is 322 g/mol.